The molecule has 0 radical (unpaired) electrons. The molecule has 11 heteroatoms. The van der Waals surface area contributed by atoms with Gasteiger partial charge in [0.25, 0.3) is 10.0 Å². The van der Waals surface area contributed by atoms with Crippen LogP contribution in [0.15, 0.2) is 53.4 Å². The van der Waals surface area contributed by atoms with Crippen molar-refractivity contribution in [2.75, 3.05) is 48.4 Å². The minimum atomic E-state index is -3.96. The van der Waals surface area contributed by atoms with Gasteiger partial charge in [-0.1, -0.05) is 0 Å². The topological polar surface area (TPSA) is 106 Å². The Hall–Kier alpha value is -3.44. The number of halogens is 1. The molecule has 1 aliphatic heterocycles. The van der Waals surface area contributed by atoms with Gasteiger partial charge in [0.2, 0.25) is 0 Å². The summed E-state index contributed by atoms with van der Waals surface area (Å²) >= 11 is 0. The quantitative estimate of drug-likeness (QED) is 0.539. The molecule has 174 valence electrons. The first-order chi connectivity index (χ1) is 15.8. The molecule has 0 spiro atoms. The maximum atomic E-state index is 13.9. The fourth-order valence-electron chi connectivity index (χ4n) is 3.37. The van der Waals surface area contributed by atoms with Gasteiger partial charge in [0.1, 0.15) is 17.5 Å². The van der Waals surface area contributed by atoms with Crippen molar-refractivity contribution in [3.63, 3.8) is 0 Å². The second-order valence-electron chi connectivity index (χ2n) is 7.36. The molecule has 1 aliphatic rings. The Balaban J connectivity index is 1.46. The summed E-state index contributed by atoms with van der Waals surface area (Å²) in [5, 5.41) is 3.22. The maximum Gasteiger partial charge on any atom is 0.262 e. The molecule has 1 saturated heterocycles. The number of rotatable bonds is 7. The van der Waals surface area contributed by atoms with E-state index in [0.717, 1.165) is 30.7 Å². The molecule has 2 aromatic carbocycles. The number of anilines is 4. The number of methoxy groups -OCH3 is 1. The largest absolute Gasteiger partial charge is 0.494 e. The van der Waals surface area contributed by atoms with Crippen LogP contribution in [0.1, 0.15) is 5.82 Å². The fourth-order valence-corrected chi connectivity index (χ4v) is 4.44. The smallest absolute Gasteiger partial charge is 0.262 e. The van der Waals surface area contributed by atoms with Crippen molar-refractivity contribution < 1.29 is 22.3 Å². The molecule has 4 rings (SSSR count). The van der Waals surface area contributed by atoms with Crippen molar-refractivity contribution in [2.24, 2.45) is 0 Å². The van der Waals surface area contributed by atoms with E-state index in [9.17, 15) is 12.8 Å². The number of ether oxygens (including phenoxy) is 2. The lowest BCUT2D eigenvalue weighted by molar-refractivity contribution is 0.122. The number of aryl methyl sites for hydroxylation is 1. The number of nitrogens with zero attached hydrogens (tertiary/aromatic N) is 3. The first kappa shape index (κ1) is 22.7. The van der Waals surface area contributed by atoms with Gasteiger partial charge in [-0.3, -0.25) is 4.72 Å². The third-order valence-corrected chi connectivity index (χ3v) is 6.38. The molecule has 0 saturated carbocycles. The van der Waals surface area contributed by atoms with E-state index in [-0.39, 0.29) is 10.6 Å². The van der Waals surface area contributed by atoms with Crippen LogP contribution >= 0.6 is 0 Å². The lowest BCUT2D eigenvalue weighted by atomic mass is 10.3. The van der Waals surface area contributed by atoms with Gasteiger partial charge in [-0.2, -0.15) is 0 Å². The Morgan fingerprint density at radius 1 is 1.03 bits per heavy atom. The van der Waals surface area contributed by atoms with Crippen molar-refractivity contribution in [2.45, 2.75) is 11.8 Å². The molecule has 3 aromatic rings. The van der Waals surface area contributed by atoms with E-state index in [2.05, 4.69) is 24.9 Å². The number of hydrogen-bond acceptors (Lipinski definition) is 8. The summed E-state index contributed by atoms with van der Waals surface area (Å²) in [6, 6.07) is 12.0. The Morgan fingerprint density at radius 3 is 2.39 bits per heavy atom. The zero-order valence-corrected chi connectivity index (χ0v) is 19.0. The molecule has 0 unspecified atom stereocenters. The van der Waals surface area contributed by atoms with Gasteiger partial charge in [0, 0.05) is 30.5 Å². The van der Waals surface area contributed by atoms with Gasteiger partial charge < -0.3 is 19.7 Å². The van der Waals surface area contributed by atoms with Gasteiger partial charge in [0.15, 0.2) is 11.6 Å². The Labute approximate surface area is 191 Å². The van der Waals surface area contributed by atoms with Gasteiger partial charge in [-0.15, -0.1) is 0 Å². The molecule has 33 heavy (non-hydrogen) atoms. The van der Waals surface area contributed by atoms with Gasteiger partial charge >= 0.3 is 0 Å². The highest BCUT2D eigenvalue weighted by molar-refractivity contribution is 7.92. The molecular formula is C22H24FN5O4S. The first-order valence-corrected chi connectivity index (χ1v) is 11.7. The van der Waals surface area contributed by atoms with Crippen molar-refractivity contribution in [1.29, 1.82) is 0 Å². The summed E-state index contributed by atoms with van der Waals surface area (Å²) in [6.45, 7) is 4.68. The van der Waals surface area contributed by atoms with Crippen LogP contribution in [-0.4, -0.2) is 51.8 Å². The number of aromatic nitrogens is 2. The average Bonchev–Trinajstić information content (AvgIpc) is 2.80. The van der Waals surface area contributed by atoms with Crippen LogP contribution in [0.25, 0.3) is 0 Å². The fraction of sp³-hybridized carbons (Fsp3) is 0.273. The zero-order valence-electron chi connectivity index (χ0n) is 18.2. The second-order valence-corrected chi connectivity index (χ2v) is 9.04. The Kier molecular flexibility index (Phi) is 6.61. The molecule has 1 aromatic heterocycles. The molecule has 1 fully saturated rings. The van der Waals surface area contributed by atoms with Crippen LogP contribution in [0, 0.1) is 12.7 Å². The van der Waals surface area contributed by atoms with Gasteiger partial charge in [-0.05, 0) is 49.4 Å². The molecule has 0 amide bonds. The minimum absolute atomic E-state index is 0.0267. The average molecular weight is 474 g/mol. The van der Waals surface area contributed by atoms with Crippen LogP contribution in [0.5, 0.6) is 5.75 Å². The molecule has 0 bridgehead atoms. The predicted octanol–water partition coefficient (Wildman–Crippen LogP) is 3.31. The molecule has 0 aliphatic carbocycles. The van der Waals surface area contributed by atoms with Gasteiger partial charge in [0.05, 0.1) is 25.2 Å². The first-order valence-electron chi connectivity index (χ1n) is 10.3. The molecule has 2 heterocycles. The van der Waals surface area contributed by atoms with E-state index in [1.54, 1.807) is 24.3 Å². The summed E-state index contributed by atoms with van der Waals surface area (Å²) in [5.74, 6) is 1.31. The predicted molar refractivity (Wildman–Crippen MR) is 123 cm³/mol. The lowest BCUT2D eigenvalue weighted by Gasteiger charge is -2.28. The molecular weight excluding hydrogens is 449 g/mol. The number of benzene rings is 2. The SMILES string of the molecule is COc1ccc(S(=O)(=O)Nc2ccc(Nc3cc(N4CCOCC4)nc(C)n3)cc2)cc1F. The van der Waals surface area contributed by atoms with E-state index in [4.69, 9.17) is 9.47 Å². The summed E-state index contributed by atoms with van der Waals surface area (Å²) in [7, 11) is -2.65. The van der Waals surface area contributed by atoms with E-state index in [1.807, 2.05) is 13.0 Å². The van der Waals surface area contributed by atoms with Crippen LogP contribution < -0.4 is 19.7 Å². The highest BCUT2D eigenvalue weighted by Gasteiger charge is 2.17. The summed E-state index contributed by atoms with van der Waals surface area (Å²) < 4.78 is 51.8. The van der Waals surface area contributed by atoms with E-state index < -0.39 is 15.8 Å². The number of morpholine rings is 1. The normalized spacial score (nSPS) is 14.1. The van der Waals surface area contributed by atoms with Crippen molar-refractivity contribution in [3.8, 4) is 5.75 Å². The van der Waals surface area contributed by atoms with E-state index >= 15 is 0 Å². The minimum Gasteiger partial charge on any atom is -0.494 e. The van der Waals surface area contributed by atoms with E-state index in [1.165, 1.54) is 19.2 Å². The van der Waals surface area contributed by atoms with Crippen LogP contribution in [0.3, 0.4) is 0 Å². The summed E-state index contributed by atoms with van der Waals surface area (Å²) in [4.78, 5) is 10.9. The number of hydrogen-bond donors (Lipinski definition) is 2. The Morgan fingerprint density at radius 2 is 1.73 bits per heavy atom. The lowest BCUT2D eigenvalue weighted by Crippen LogP contribution is -2.36. The molecule has 2 N–H and O–H groups in total. The zero-order chi connectivity index (χ0) is 23.4. The second kappa shape index (κ2) is 9.59. The van der Waals surface area contributed by atoms with Gasteiger partial charge in [-0.25, -0.2) is 22.8 Å². The molecule has 9 nitrogen and oxygen atoms in total. The van der Waals surface area contributed by atoms with E-state index in [0.29, 0.717) is 30.5 Å². The van der Waals surface area contributed by atoms with Crippen LogP contribution in [0.4, 0.5) is 27.4 Å². The van der Waals surface area contributed by atoms with Crippen LogP contribution in [0.2, 0.25) is 0 Å². The third-order valence-electron chi connectivity index (χ3n) is 5.00. The highest BCUT2D eigenvalue weighted by Crippen LogP contribution is 2.25. The standard InChI is InChI=1S/C22H24FN5O4S/c1-15-24-21(14-22(25-15)28-9-11-32-12-10-28)26-16-3-5-17(6-4-16)27-33(29,30)18-7-8-20(31-2)19(23)13-18/h3-8,13-14,27H,9-12H2,1-2H3,(H,24,25,26). The van der Waals surface area contributed by atoms with Crippen LogP contribution in [-0.2, 0) is 14.8 Å². The molecule has 0 atom stereocenters. The summed E-state index contributed by atoms with van der Waals surface area (Å²) in [5.41, 5.74) is 1.06. The number of nitrogens with one attached hydrogen (secondary N) is 2. The maximum absolute atomic E-state index is 13.9. The van der Waals surface area contributed by atoms with Crippen molar-refractivity contribution >= 4 is 33.0 Å². The monoisotopic (exact) mass is 473 g/mol. The Bertz CT molecular complexity index is 1230. The summed E-state index contributed by atoms with van der Waals surface area (Å²) in [6.07, 6.45) is 0. The number of sulfonamides is 1. The van der Waals surface area contributed by atoms with Crippen molar-refractivity contribution in [3.05, 3.63) is 60.2 Å². The third kappa shape index (κ3) is 5.49. The van der Waals surface area contributed by atoms with Crippen molar-refractivity contribution in [1.82, 2.24) is 9.97 Å². The highest BCUT2D eigenvalue weighted by atomic mass is 32.2.